The smallest absolute Gasteiger partial charge is 0.358 e. The number of carboxylic acids is 1. The van der Waals surface area contributed by atoms with Crippen LogP contribution in [0.3, 0.4) is 0 Å². The van der Waals surface area contributed by atoms with Crippen LogP contribution in [0.5, 0.6) is 0 Å². The number of carbonyl (C=O) groups is 2. The number of nitrogens with zero attached hydrogens (tertiary/aromatic N) is 3. The molecule has 8 heteroatoms. The van der Waals surface area contributed by atoms with E-state index in [1.165, 1.54) is 10.9 Å². The molecule has 0 aromatic carbocycles. The number of furan rings is 1. The lowest BCUT2D eigenvalue weighted by atomic mass is 10.2. The molecule has 0 aliphatic rings. The quantitative estimate of drug-likeness (QED) is 0.787. The first-order valence-corrected chi connectivity index (χ1v) is 6.00. The Morgan fingerprint density at radius 1 is 1.55 bits per heavy atom. The molecule has 0 saturated carbocycles. The summed E-state index contributed by atoms with van der Waals surface area (Å²) in [5.41, 5.74) is -0.193. The van der Waals surface area contributed by atoms with E-state index < -0.39 is 5.97 Å². The molecule has 0 aliphatic carbocycles. The minimum absolute atomic E-state index is 0.0806. The molecule has 2 aromatic rings. The molecule has 0 spiro atoms. The summed E-state index contributed by atoms with van der Waals surface area (Å²) < 4.78 is 6.37. The number of carboxylic acid groups (broad SMARTS) is 1. The van der Waals surface area contributed by atoms with Crippen molar-refractivity contribution in [2.24, 2.45) is 0 Å². The molecule has 2 heterocycles. The van der Waals surface area contributed by atoms with Crippen LogP contribution < -0.4 is 5.32 Å². The summed E-state index contributed by atoms with van der Waals surface area (Å²) in [5.74, 6) is -0.666. The molecule has 0 aliphatic heterocycles. The first-order chi connectivity index (χ1) is 9.54. The van der Waals surface area contributed by atoms with Crippen LogP contribution >= 0.6 is 0 Å². The van der Waals surface area contributed by atoms with E-state index in [-0.39, 0.29) is 24.2 Å². The monoisotopic (exact) mass is 278 g/mol. The summed E-state index contributed by atoms with van der Waals surface area (Å²) in [4.78, 5) is 22.4. The van der Waals surface area contributed by atoms with Crippen molar-refractivity contribution in [3.8, 4) is 0 Å². The summed E-state index contributed by atoms with van der Waals surface area (Å²) in [7, 11) is 0. The van der Waals surface area contributed by atoms with Crippen LogP contribution in [-0.2, 0) is 17.8 Å². The van der Waals surface area contributed by atoms with Gasteiger partial charge >= 0.3 is 5.97 Å². The Morgan fingerprint density at radius 3 is 2.95 bits per heavy atom. The molecule has 1 atom stereocenters. The lowest BCUT2D eigenvalue weighted by Crippen LogP contribution is -2.36. The number of amides is 1. The number of aromatic nitrogens is 3. The van der Waals surface area contributed by atoms with Gasteiger partial charge in [-0.15, -0.1) is 5.10 Å². The van der Waals surface area contributed by atoms with E-state index in [1.54, 1.807) is 12.3 Å². The molecule has 1 amide bonds. The van der Waals surface area contributed by atoms with E-state index in [4.69, 9.17) is 9.52 Å². The fraction of sp³-hybridized carbons (Fsp3) is 0.333. The topological polar surface area (TPSA) is 110 Å². The van der Waals surface area contributed by atoms with Gasteiger partial charge in [-0.1, -0.05) is 5.21 Å². The number of aromatic carboxylic acids is 1. The summed E-state index contributed by atoms with van der Waals surface area (Å²) in [6.07, 6.45) is 3.36. The third-order valence-corrected chi connectivity index (χ3v) is 2.56. The van der Waals surface area contributed by atoms with Gasteiger partial charge in [-0.3, -0.25) is 4.79 Å². The zero-order valence-corrected chi connectivity index (χ0v) is 10.8. The molecule has 0 fully saturated rings. The second-order valence-corrected chi connectivity index (χ2v) is 4.36. The summed E-state index contributed by atoms with van der Waals surface area (Å²) in [6.45, 7) is 1.77. The van der Waals surface area contributed by atoms with Crippen molar-refractivity contribution in [3.05, 3.63) is 36.0 Å². The van der Waals surface area contributed by atoms with E-state index in [0.717, 1.165) is 5.76 Å². The molecular weight excluding hydrogens is 264 g/mol. The lowest BCUT2D eigenvalue weighted by Gasteiger charge is -2.12. The predicted octanol–water partition coefficient (Wildman–Crippen LogP) is 0.317. The minimum Gasteiger partial charge on any atom is -0.476 e. The van der Waals surface area contributed by atoms with Crippen molar-refractivity contribution >= 4 is 11.9 Å². The number of rotatable bonds is 6. The molecule has 2 aromatic heterocycles. The molecule has 1 unspecified atom stereocenters. The molecule has 20 heavy (non-hydrogen) atoms. The van der Waals surface area contributed by atoms with Crippen molar-refractivity contribution in [3.63, 3.8) is 0 Å². The largest absolute Gasteiger partial charge is 0.476 e. The van der Waals surface area contributed by atoms with Crippen LogP contribution in [0, 0.1) is 0 Å². The van der Waals surface area contributed by atoms with Gasteiger partial charge in [0.25, 0.3) is 0 Å². The molecule has 0 bridgehead atoms. The zero-order chi connectivity index (χ0) is 14.5. The van der Waals surface area contributed by atoms with Crippen molar-refractivity contribution in [2.75, 3.05) is 0 Å². The van der Waals surface area contributed by atoms with E-state index in [9.17, 15) is 9.59 Å². The van der Waals surface area contributed by atoms with Crippen molar-refractivity contribution in [1.29, 1.82) is 0 Å². The highest BCUT2D eigenvalue weighted by atomic mass is 16.4. The Hall–Kier alpha value is -2.64. The predicted molar refractivity (Wildman–Crippen MR) is 67.0 cm³/mol. The molecule has 0 radical (unpaired) electrons. The fourth-order valence-corrected chi connectivity index (χ4v) is 1.72. The molecule has 106 valence electrons. The molecule has 8 nitrogen and oxygen atoms in total. The van der Waals surface area contributed by atoms with Gasteiger partial charge in [0.2, 0.25) is 5.91 Å². The summed E-state index contributed by atoms with van der Waals surface area (Å²) >= 11 is 0. The Balaban J connectivity index is 1.83. The third-order valence-electron chi connectivity index (χ3n) is 2.56. The summed E-state index contributed by atoms with van der Waals surface area (Å²) in [6, 6.07) is 3.52. The van der Waals surface area contributed by atoms with Gasteiger partial charge in [-0.2, -0.15) is 0 Å². The van der Waals surface area contributed by atoms with Gasteiger partial charge in [-0.05, 0) is 19.1 Å². The Labute approximate surface area is 114 Å². The Kier molecular flexibility index (Phi) is 4.14. The molecule has 0 saturated heterocycles. The van der Waals surface area contributed by atoms with Crippen molar-refractivity contribution in [1.82, 2.24) is 20.3 Å². The van der Waals surface area contributed by atoms with Gasteiger partial charge in [0.15, 0.2) is 5.69 Å². The Bertz CT molecular complexity index is 590. The number of nitrogens with one attached hydrogen (secondary N) is 1. The van der Waals surface area contributed by atoms with E-state index in [1.807, 2.05) is 13.0 Å². The first kappa shape index (κ1) is 13.8. The van der Waals surface area contributed by atoms with Crippen LogP contribution in [0.1, 0.15) is 23.2 Å². The number of hydrogen-bond donors (Lipinski definition) is 2. The first-order valence-electron chi connectivity index (χ1n) is 6.00. The van der Waals surface area contributed by atoms with E-state index in [0.29, 0.717) is 6.42 Å². The highest BCUT2D eigenvalue weighted by Crippen LogP contribution is 2.03. The van der Waals surface area contributed by atoms with Crippen molar-refractivity contribution in [2.45, 2.75) is 25.9 Å². The van der Waals surface area contributed by atoms with Crippen molar-refractivity contribution < 1.29 is 19.1 Å². The van der Waals surface area contributed by atoms with E-state index in [2.05, 4.69) is 15.6 Å². The Morgan fingerprint density at radius 2 is 2.35 bits per heavy atom. The van der Waals surface area contributed by atoms with E-state index >= 15 is 0 Å². The van der Waals surface area contributed by atoms with Crippen LogP contribution in [0.25, 0.3) is 0 Å². The second-order valence-electron chi connectivity index (χ2n) is 4.36. The molecule has 2 N–H and O–H groups in total. The minimum atomic E-state index is -1.18. The average molecular weight is 278 g/mol. The summed E-state index contributed by atoms with van der Waals surface area (Å²) in [5, 5.41) is 18.5. The van der Waals surface area contributed by atoms with Crippen LogP contribution in [0.2, 0.25) is 0 Å². The van der Waals surface area contributed by atoms with Gasteiger partial charge in [-0.25, -0.2) is 9.48 Å². The highest BCUT2D eigenvalue weighted by molar-refractivity contribution is 5.84. The van der Waals surface area contributed by atoms with Gasteiger partial charge in [0.05, 0.1) is 12.5 Å². The lowest BCUT2D eigenvalue weighted by molar-refractivity contribution is -0.122. The van der Waals surface area contributed by atoms with Gasteiger partial charge < -0.3 is 14.8 Å². The zero-order valence-electron chi connectivity index (χ0n) is 10.8. The van der Waals surface area contributed by atoms with Gasteiger partial charge in [0, 0.05) is 12.5 Å². The maximum atomic E-state index is 11.8. The van der Waals surface area contributed by atoms with Crippen LogP contribution in [0.4, 0.5) is 0 Å². The van der Waals surface area contributed by atoms with Gasteiger partial charge in [0.1, 0.15) is 12.3 Å². The maximum Gasteiger partial charge on any atom is 0.358 e. The SMILES string of the molecule is CC(Cc1ccco1)NC(=O)Cn1cc(C(=O)O)nn1. The average Bonchev–Trinajstić information content (AvgIpc) is 2.99. The number of hydrogen-bond acceptors (Lipinski definition) is 5. The third kappa shape index (κ3) is 3.67. The van der Waals surface area contributed by atoms with Crippen LogP contribution in [-0.4, -0.2) is 38.0 Å². The molecular formula is C12H14N4O4. The second kappa shape index (κ2) is 6.00. The normalized spacial score (nSPS) is 12.1. The standard InChI is InChI=1S/C12H14N4O4/c1-8(5-9-3-2-4-20-9)13-11(17)7-16-6-10(12(18)19)14-15-16/h2-4,6,8H,5,7H2,1H3,(H,13,17)(H,18,19). The highest BCUT2D eigenvalue weighted by Gasteiger charge is 2.13. The van der Waals surface area contributed by atoms with Crippen LogP contribution in [0.15, 0.2) is 29.0 Å². The molecule has 2 rings (SSSR count). The fourth-order valence-electron chi connectivity index (χ4n) is 1.72. The number of carbonyl (C=O) groups excluding carboxylic acids is 1. The maximum absolute atomic E-state index is 11.8.